The Bertz CT molecular complexity index is 851. The predicted molar refractivity (Wildman–Crippen MR) is 94.7 cm³/mol. The van der Waals surface area contributed by atoms with Crippen molar-refractivity contribution < 1.29 is 4.42 Å². The van der Waals surface area contributed by atoms with Crippen molar-refractivity contribution in [3.05, 3.63) is 70.4 Å². The quantitative estimate of drug-likeness (QED) is 0.599. The molecular weight excluding hydrogens is 317 g/mol. The minimum absolute atomic E-state index is 0.621. The first-order chi connectivity index (χ1) is 10.6. The summed E-state index contributed by atoms with van der Waals surface area (Å²) in [5.41, 5.74) is 4.20. The lowest BCUT2D eigenvalue weighted by Gasteiger charge is -2.12. The van der Waals surface area contributed by atoms with E-state index < -0.39 is 0 Å². The van der Waals surface area contributed by atoms with Gasteiger partial charge in [-0.25, -0.2) is 0 Å². The lowest BCUT2D eigenvalue weighted by Crippen LogP contribution is -1.98. The number of benzene rings is 2. The van der Waals surface area contributed by atoms with Gasteiger partial charge in [0.15, 0.2) is 0 Å². The lowest BCUT2D eigenvalue weighted by molar-refractivity contribution is 0.615. The van der Waals surface area contributed by atoms with E-state index in [2.05, 4.69) is 11.9 Å². The Balaban J connectivity index is 1.93. The Morgan fingerprint density at radius 3 is 2.73 bits per heavy atom. The van der Waals surface area contributed by atoms with Crippen LogP contribution in [0.15, 0.2) is 53.7 Å². The van der Waals surface area contributed by atoms with E-state index in [0.29, 0.717) is 15.7 Å². The van der Waals surface area contributed by atoms with Crippen LogP contribution in [0, 0.1) is 0 Å². The minimum Gasteiger partial charge on any atom is -0.464 e. The number of fused-ring (bicyclic) bond motifs is 1. The van der Waals surface area contributed by atoms with Crippen molar-refractivity contribution in [2.75, 3.05) is 5.32 Å². The van der Waals surface area contributed by atoms with Crippen molar-refractivity contribution in [1.29, 1.82) is 0 Å². The average Bonchev–Trinajstić information content (AvgIpc) is 2.94. The van der Waals surface area contributed by atoms with E-state index in [0.717, 1.165) is 34.2 Å². The van der Waals surface area contributed by atoms with Gasteiger partial charge >= 0.3 is 0 Å². The van der Waals surface area contributed by atoms with Crippen molar-refractivity contribution in [3.8, 4) is 0 Å². The molecule has 0 amide bonds. The molecule has 0 spiro atoms. The smallest absolute Gasteiger partial charge is 0.134 e. The van der Waals surface area contributed by atoms with Gasteiger partial charge in [0.05, 0.1) is 10.7 Å². The number of rotatable bonds is 4. The van der Waals surface area contributed by atoms with Crippen LogP contribution in [0.4, 0.5) is 5.69 Å². The van der Waals surface area contributed by atoms with Gasteiger partial charge in [0.1, 0.15) is 11.8 Å². The second-order valence-corrected chi connectivity index (χ2v) is 5.84. The van der Waals surface area contributed by atoms with Crippen LogP contribution in [0.1, 0.15) is 18.1 Å². The van der Waals surface area contributed by atoms with E-state index in [1.807, 2.05) is 43.3 Å². The van der Waals surface area contributed by atoms with Crippen molar-refractivity contribution in [2.45, 2.75) is 13.3 Å². The Kier molecular flexibility index (Phi) is 4.14. The molecule has 0 aliphatic heterocycles. The standard InChI is InChI=1S/C18H15Cl2NO/c1-3-12-8-16(20)17(9-15(12)19)21-11(2)14-10-22-18-7-5-4-6-13(14)18/h4-10,21H,2-3H2,1H3. The molecule has 0 atom stereocenters. The maximum absolute atomic E-state index is 6.32. The third-order valence-electron chi connectivity index (χ3n) is 3.61. The molecule has 0 bridgehead atoms. The summed E-state index contributed by atoms with van der Waals surface area (Å²) in [6.45, 7) is 6.13. The first-order valence-corrected chi connectivity index (χ1v) is 7.76. The van der Waals surface area contributed by atoms with Gasteiger partial charge in [-0.05, 0) is 30.2 Å². The van der Waals surface area contributed by atoms with Crippen LogP contribution < -0.4 is 5.32 Å². The molecule has 0 unspecified atom stereocenters. The van der Waals surface area contributed by atoms with Crippen molar-refractivity contribution in [2.24, 2.45) is 0 Å². The van der Waals surface area contributed by atoms with E-state index in [1.165, 1.54) is 0 Å². The van der Waals surface area contributed by atoms with Crippen molar-refractivity contribution in [1.82, 2.24) is 0 Å². The van der Waals surface area contributed by atoms with Crippen LogP contribution in [0.5, 0.6) is 0 Å². The number of nitrogens with one attached hydrogen (secondary N) is 1. The van der Waals surface area contributed by atoms with Crippen LogP contribution in [0.2, 0.25) is 10.0 Å². The van der Waals surface area contributed by atoms with Gasteiger partial charge in [-0.2, -0.15) is 0 Å². The molecular formula is C18H15Cl2NO. The molecule has 2 nitrogen and oxygen atoms in total. The Morgan fingerprint density at radius 2 is 1.95 bits per heavy atom. The molecule has 22 heavy (non-hydrogen) atoms. The Hall–Kier alpha value is -1.90. The normalized spacial score (nSPS) is 10.9. The van der Waals surface area contributed by atoms with E-state index in [9.17, 15) is 0 Å². The maximum atomic E-state index is 6.32. The number of furan rings is 1. The summed E-state index contributed by atoms with van der Waals surface area (Å²) in [4.78, 5) is 0. The molecule has 3 rings (SSSR count). The molecule has 0 aliphatic carbocycles. The summed E-state index contributed by atoms with van der Waals surface area (Å²) < 4.78 is 5.54. The molecule has 112 valence electrons. The van der Waals surface area contributed by atoms with Crippen LogP contribution in [-0.4, -0.2) is 0 Å². The van der Waals surface area contributed by atoms with Gasteiger partial charge in [-0.15, -0.1) is 0 Å². The second-order valence-electron chi connectivity index (χ2n) is 5.03. The fourth-order valence-electron chi connectivity index (χ4n) is 2.40. The van der Waals surface area contributed by atoms with Gasteiger partial charge < -0.3 is 9.73 Å². The molecule has 1 heterocycles. The largest absolute Gasteiger partial charge is 0.464 e. The number of hydrogen-bond donors (Lipinski definition) is 1. The summed E-state index contributed by atoms with van der Waals surface area (Å²) in [5.74, 6) is 0. The highest BCUT2D eigenvalue weighted by Crippen LogP contribution is 2.33. The van der Waals surface area contributed by atoms with Crippen LogP contribution in [0.25, 0.3) is 16.7 Å². The summed E-state index contributed by atoms with van der Waals surface area (Å²) >= 11 is 12.6. The molecule has 0 saturated heterocycles. The van der Waals surface area contributed by atoms with Gasteiger partial charge in [0, 0.05) is 21.7 Å². The maximum Gasteiger partial charge on any atom is 0.134 e. The fraction of sp³-hybridized carbons (Fsp3) is 0.111. The minimum atomic E-state index is 0.621. The molecule has 0 fully saturated rings. The molecule has 3 aromatic rings. The van der Waals surface area contributed by atoms with Crippen molar-refractivity contribution in [3.63, 3.8) is 0 Å². The molecule has 0 aliphatic rings. The number of hydrogen-bond acceptors (Lipinski definition) is 2. The third kappa shape index (κ3) is 2.72. The molecule has 1 N–H and O–H groups in total. The molecule has 0 radical (unpaired) electrons. The topological polar surface area (TPSA) is 25.2 Å². The van der Waals surface area contributed by atoms with E-state index in [4.69, 9.17) is 27.6 Å². The monoisotopic (exact) mass is 331 g/mol. The molecule has 4 heteroatoms. The van der Waals surface area contributed by atoms with E-state index in [-0.39, 0.29) is 0 Å². The van der Waals surface area contributed by atoms with Gasteiger partial charge in [0.2, 0.25) is 0 Å². The Morgan fingerprint density at radius 1 is 1.18 bits per heavy atom. The first kappa shape index (κ1) is 15.0. The van der Waals surface area contributed by atoms with E-state index in [1.54, 1.807) is 6.26 Å². The summed E-state index contributed by atoms with van der Waals surface area (Å²) in [5, 5.41) is 5.55. The predicted octanol–water partition coefficient (Wildman–Crippen LogP) is 6.38. The zero-order valence-corrected chi connectivity index (χ0v) is 13.6. The third-order valence-corrected chi connectivity index (χ3v) is 4.27. The number of aryl methyl sites for hydroxylation is 1. The summed E-state index contributed by atoms with van der Waals surface area (Å²) in [7, 11) is 0. The van der Waals surface area contributed by atoms with Crippen LogP contribution in [-0.2, 0) is 6.42 Å². The first-order valence-electron chi connectivity index (χ1n) is 7.00. The zero-order valence-electron chi connectivity index (χ0n) is 12.1. The van der Waals surface area contributed by atoms with Gasteiger partial charge in [0.25, 0.3) is 0 Å². The second kappa shape index (κ2) is 6.07. The highest BCUT2D eigenvalue weighted by molar-refractivity contribution is 6.36. The number of para-hydroxylation sites is 1. The molecule has 2 aromatic carbocycles. The molecule has 1 aromatic heterocycles. The van der Waals surface area contributed by atoms with Crippen molar-refractivity contribution >= 4 is 45.6 Å². The average molecular weight is 332 g/mol. The van der Waals surface area contributed by atoms with E-state index >= 15 is 0 Å². The zero-order chi connectivity index (χ0) is 15.7. The lowest BCUT2D eigenvalue weighted by atomic mass is 10.1. The number of halogens is 2. The molecule has 0 saturated carbocycles. The highest BCUT2D eigenvalue weighted by atomic mass is 35.5. The van der Waals surface area contributed by atoms with Crippen LogP contribution in [0.3, 0.4) is 0 Å². The van der Waals surface area contributed by atoms with Gasteiger partial charge in [-0.1, -0.05) is 54.9 Å². The van der Waals surface area contributed by atoms with Crippen LogP contribution >= 0.6 is 23.2 Å². The SMILES string of the molecule is C=C(Nc1cc(Cl)c(CC)cc1Cl)c1coc2ccccc12. The summed E-state index contributed by atoms with van der Waals surface area (Å²) in [6.07, 6.45) is 2.53. The highest BCUT2D eigenvalue weighted by Gasteiger charge is 2.11. The number of anilines is 1. The Labute approximate surface area is 139 Å². The fourth-order valence-corrected chi connectivity index (χ4v) is 2.93. The van der Waals surface area contributed by atoms with Gasteiger partial charge in [-0.3, -0.25) is 0 Å². The summed E-state index contributed by atoms with van der Waals surface area (Å²) in [6, 6.07) is 11.5.